The molecule has 2 rings (SSSR count). The van der Waals surface area contributed by atoms with Crippen molar-refractivity contribution in [3.63, 3.8) is 0 Å². The molecule has 2 aromatic carbocycles. The molecule has 0 saturated heterocycles. The normalized spacial score (nSPS) is 10.2. The Morgan fingerprint density at radius 2 is 1.55 bits per heavy atom. The molecule has 0 saturated carbocycles. The maximum Gasteiger partial charge on any atom is 0.316 e. The highest BCUT2D eigenvalue weighted by molar-refractivity contribution is 6.40. The molecule has 104 valence electrons. The summed E-state index contributed by atoms with van der Waals surface area (Å²) in [7, 11) is 0. The van der Waals surface area contributed by atoms with Crippen LogP contribution in [-0.2, 0) is 0 Å². The molecule has 0 fully saturated rings. The summed E-state index contributed by atoms with van der Waals surface area (Å²) in [6.45, 7) is 0. The van der Waals surface area contributed by atoms with Crippen LogP contribution in [0.3, 0.4) is 0 Å². The highest BCUT2D eigenvalue weighted by atomic mass is 35.5. The molecule has 0 spiro atoms. The van der Waals surface area contributed by atoms with Gasteiger partial charge in [-0.25, -0.2) is 4.79 Å². The number of amides is 2. The number of benzene rings is 2. The van der Waals surface area contributed by atoms with E-state index in [-0.39, 0.29) is 15.7 Å². The van der Waals surface area contributed by atoms with Gasteiger partial charge in [-0.1, -0.05) is 34.8 Å². The van der Waals surface area contributed by atoms with Crippen LogP contribution in [0.5, 0.6) is 11.5 Å². The molecule has 0 aromatic heterocycles. The fourth-order valence-corrected chi connectivity index (χ4v) is 2.18. The first-order valence-electron chi connectivity index (χ1n) is 5.44. The van der Waals surface area contributed by atoms with E-state index in [1.807, 2.05) is 0 Å². The summed E-state index contributed by atoms with van der Waals surface area (Å²) in [4.78, 5) is 10.8. The number of hydrogen-bond acceptors (Lipinski definition) is 2. The third-order valence-corrected chi connectivity index (χ3v) is 3.16. The molecule has 20 heavy (non-hydrogen) atoms. The van der Waals surface area contributed by atoms with Crippen LogP contribution < -0.4 is 15.8 Å². The predicted octanol–water partition coefficient (Wildman–Crippen LogP) is 4.93. The number of urea groups is 1. The zero-order chi connectivity index (χ0) is 14.7. The van der Waals surface area contributed by atoms with Gasteiger partial charge in [-0.3, -0.25) is 0 Å². The number of nitrogens with one attached hydrogen (secondary N) is 1. The highest BCUT2D eigenvalue weighted by Gasteiger charge is 2.11. The number of primary amides is 1. The Morgan fingerprint density at radius 1 is 1.00 bits per heavy atom. The molecular weight excluding hydrogens is 323 g/mol. The Hall–Kier alpha value is -1.62. The monoisotopic (exact) mass is 330 g/mol. The maximum atomic E-state index is 10.8. The minimum absolute atomic E-state index is 0.222. The van der Waals surface area contributed by atoms with Crippen molar-refractivity contribution in [1.29, 1.82) is 0 Å². The van der Waals surface area contributed by atoms with Crippen molar-refractivity contribution < 1.29 is 9.53 Å². The molecular formula is C13H9Cl3N2O2. The van der Waals surface area contributed by atoms with Crippen LogP contribution in [0.1, 0.15) is 0 Å². The molecule has 0 unspecified atom stereocenters. The van der Waals surface area contributed by atoms with E-state index >= 15 is 0 Å². The number of carbonyl (C=O) groups excluding carboxylic acids is 1. The second-order valence-electron chi connectivity index (χ2n) is 3.81. The zero-order valence-electron chi connectivity index (χ0n) is 9.99. The molecule has 2 amide bonds. The average Bonchev–Trinajstić information content (AvgIpc) is 2.36. The number of ether oxygens (including phenoxy) is 1. The largest absolute Gasteiger partial charge is 0.457 e. The van der Waals surface area contributed by atoms with Crippen LogP contribution in [0.4, 0.5) is 10.5 Å². The number of nitrogens with two attached hydrogens (primary N) is 1. The smallest absolute Gasteiger partial charge is 0.316 e. The fourth-order valence-electron chi connectivity index (χ4n) is 1.49. The molecule has 0 aliphatic rings. The SMILES string of the molecule is NC(=O)Nc1c(Cl)cc(Oc2ccc(Cl)cc2)cc1Cl. The van der Waals surface area contributed by atoms with Gasteiger partial charge >= 0.3 is 6.03 Å². The van der Waals surface area contributed by atoms with Crippen molar-refractivity contribution in [3.8, 4) is 11.5 Å². The summed E-state index contributed by atoms with van der Waals surface area (Å²) in [5.41, 5.74) is 5.27. The third kappa shape index (κ3) is 3.70. The van der Waals surface area contributed by atoms with E-state index in [2.05, 4.69) is 5.32 Å². The van der Waals surface area contributed by atoms with Crippen LogP contribution in [-0.4, -0.2) is 6.03 Å². The van der Waals surface area contributed by atoms with Gasteiger partial charge in [0.1, 0.15) is 11.5 Å². The summed E-state index contributed by atoms with van der Waals surface area (Å²) in [6, 6.07) is 9.10. The molecule has 0 aliphatic carbocycles. The summed E-state index contributed by atoms with van der Waals surface area (Å²) < 4.78 is 5.58. The molecule has 0 heterocycles. The minimum Gasteiger partial charge on any atom is -0.457 e. The van der Waals surface area contributed by atoms with Crippen LogP contribution in [0.15, 0.2) is 36.4 Å². The first kappa shape index (κ1) is 14.8. The lowest BCUT2D eigenvalue weighted by atomic mass is 10.3. The van der Waals surface area contributed by atoms with Crippen molar-refractivity contribution in [2.75, 3.05) is 5.32 Å². The number of rotatable bonds is 3. The second-order valence-corrected chi connectivity index (χ2v) is 5.06. The van der Waals surface area contributed by atoms with Gasteiger partial charge < -0.3 is 15.8 Å². The van der Waals surface area contributed by atoms with Crippen LogP contribution in [0.2, 0.25) is 15.1 Å². The van der Waals surface area contributed by atoms with E-state index in [1.165, 1.54) is 12.1 Å². The summed E-state index contributed by atoms with van der Waals surface area (Å²) in [5.74, 6) is 1.01. The number of hydrogen-bond donors (Lipinski definition) is 2. The van der Waals surface area contributed by atoms with Crippen molar-refractivity contribution in [2.45, 2.75) is 0 Å². The zero-order valence-corrected chi connectivity index (χ0v) is 12.3. The summed E-state index contributed by atoms with van der Waals surface area (Å²) in [5, 5.41) is 3.39. The molecule has 2 aromatic rings. The van der Waals surface area contributed by atoms with Crippen LogP contribution in [0.25, 0.3) is 0 Å². The van der Waals surface area contributed by atoms with Gasteiger partial charge in [0.25, 0.3) is 0 Å². The Morgan fingerprint density at radius 3 is 2.05 bits per heavy atom. The van der Waals surface area contributed by atoms with Gasteiger partial charge in [0.05, 0.1) is 15.7 Å². The fraction of sp³-hybridized carbons (Fsp3) is 0. The minimum atomic E-state index is -0.750. The van der Waals surface area contributed by atoms with Gasteiger partial charge in [-0.2, -0.15) is 0 Å². The molecule has 3 N–H and O–H groups in total. The number of anilines is 1. The quantitative estimate of drug-likeness (QED) is 0.837. The van der Waals surface area contributed by atoms with Crippen molar-refractivity contribution in [1.82, 2.24) is 0 Å². The second kappa shape index (κ2) is 6.22. The molecule has 0 radical (unpaired) electrons. The van der Waals surface area contributed by atoms with Crippen LogP contribution in [0, 0.1) is 0 Å². The lowest BCUT2D eigenvalue weighted by Gasteiger charge is -2.11. The van der Waals surface area contributed by atoms with Crippen molar-refractivity contribution in [2.24, 2.45) is 5.73 Å². The van der Waals surface area contributed by atoms with Gasteiger partial charge in [0.15, 0.2) is 0 Å². The third-order valence-electron chi connectivity index (χ3n) is 2.31. The number of halogens is 3. The lowest BCUT2D eigenvalue weighted by molar-refractivity contribution is 0.259. The van der Waals surface area contributed by atoms with Gasteiger partial charge in [-0.05, 0) is 24.3 Å². The van der Waals surface area contributed by atoms with E-state index < -0.39 is 6.03 Å². The topological polar surface area (TPSA) is 64.4 Å². The van der Waals surface area contributed by atoms with Crippen molar-refractivity contribution >= 4 is 46.5 Å². The lowest BCUT2D eigenvalue weighted by Crippen LogP contribution is -2.19. The first-order chi connectivity index (χ1) is 9.45. The van der Waals surface area contributed by atoms with E-state index in [1.54, 1.807) is 24.3 Å². The molecule has 7 heteroatoms. The molecule has 0 bridgehead atoms. The number of carbonyl (C=O) groups is 1. The summed E-state index contributed by atoms with van der Waals surface area (Å²) in [6.07, 6.45) is 0. The maximum absolute atomic E-state index is 10.8. The first-order valence-corrected chi connectivity index (χ1v) is 6.58. The molecule has 4 nitrogen and oxygen atoms in total. The Kier molecular flexibility index (Phi) is 4.60. The highest BCUT2D eigenvalue weighted by Crippen LogP contribution is 2.36. The van der Waals surface area contributed by atoms with E-state index in [0.29, 0.717) is 16.5 Å². The van der Waals surface area contributed by atoms with Crippen molar-refractivity contribution in [3.05, 3.63) is 51.5 Å². The Labute approximate surface area is 130 Å². The van der Waals surface area contributed by atoms with E-state index in [4.69, 9.17) is 45.3 Å². The molecule has 0 aliphatic heterocycles. The van der Waals surface area contributed by atoms with Gasteiger partial charge in [-0.15, -0.1) is 0 Å². The summed E-state index contributed by atoms with van der Waals surface area (Å²) >= 11 is 17.8. The Bertz CT molecular complexity index is 622. The molecule has 0 atom stereocenters. The van der Waals surface area contributed by atoms with Crippen LogP contribution >= 0.6 is 34.8 Å². The average molecular weight is 332 g/mol. The predicted molar refractivity (Wildman–Crippen MR) is 81.2 cm³/mol. The van der Waals surface area contributed by atoms with Gasteiger partial charge in [0.2, 0.25) is 0 Å². The van der Waals surface area contributed by atoms with Gasteiger partial charge in [0, 0.05) is 17.2 Å². The standard InChI is InChI=1S/C13H9Cl3N2O2/c14-7-1-3-8(4-2-7)20-9-5-10(15)12(11(16)6-9)18-13(17)19/h1-6H,(H3,17,18,19). The van der Waals surface area contributed by atoms with E-state index in [9.17, 15) is 4.79 Å². The van der Waals surface area contributed by atoms with E-state index in [0.717, 1.165) is 0 Å². The Balaban J connectivity index is 2.26.